The molecule has 1 atom stereocenters. The van der Waals surface area contributed by atoms with E-state index in [-0.39, 0.29) is 4.90 Å². The van der Waals surface area contributed by atoms with Crippen molar-refractivity contribution in [3.8, 4) is 0 Å². The Hall–Kier alpha value is -2.14. The Bertz CT molecular complexity index is 1180. The standard InChI is InChI=1S/C22H28ClN3O5S2/c1-17(26(32(2,28)29)20-11-7-18(23)8-12-20)22(27)24-19-9-13-21(14-10-19)33(30,31)25-15-5-3-4-6-16-25/h7-14,17H,3-6,15-16H2,1-2H3,(H,24,27)/t17-/m0/s1. The number of hydrogen-bond donors (Lipinski definition) is 1. The molecule has 0 spiro atoms. The minimum atomic E-state index is -3.76. The van der Waals surface area contributed by atoms with E-state index in [1.807, 2.05) is 0 Å². The molecule has 2 aromatic carbocycles. The minimum Gasteiger partial charge on any atom is -0.324 e. The van der Waals surface area contributed by atoms with E-state index in [0.29, 0.717) is 29.5 Å². The number of anilines is 2. The number of halogens is 1. The normalized spacial score (nSPS) is 16.6. The van der Waals surface area contributed by atoms with Gasteiger partial charge in [0.25, 0.3) is 0 Å². The summed E-state index contributed by atoms with van der Waals surface area (Å²) in [5.41, 5.74) is 0.676. The molecule has 1 saturated heterocycles. The van der Waals surface area contributed by atoms with Crippen molar-refractivity contribution < 1.29 is 21.6 Å². The number of benzene rings is 2. The largest absolute Gasteiger partial charge is 0.324 e. The summed E-state index contributed by atoms with van der Waals surface area (Å²) in [4.78, 5) is 13.0. The van der Waals surface area contributed by atoms with Crippen molar-refractivity contribution in [2.75, 3.05) is 29.0 Å². The molecule has 1 heterocycles. The fourth-order valence-electron chi connectivity index (χ4n) is 3.78. The third-order valence-corrected chi connectivity index (χ3v) is 8.90. The summed E-state index contributed by atoms with van der Waals surface area (Å²) in [6, 6.07) is 11.0. The molecular weight excluding hydrogens is 486 g/mol. The Morgan fingerprint density at radius 1 is 0.939 bits per heavy atom. The van der Waals surface area contributed by atoms with Gasteiger partial charge in [0.2, 0.25) is 26.0 Å². The highest BCUT2D eigenvalue weighted by Crippen LogP contribution is 2.25. The summed E-state index contributed by atoms with van der Waals surface area (Å²) < 4.78 is 53.1. The lowest BCUT2D eigenvalue weighted by atomic mass is 10.2. The molecule has 180 valence electrons. The first-order valence-corrected chi connectivity index (χ1v) is 14.3. The smallest absolute Gasteiger partial charge is 0.247 e. The maximum atomic E-state index is 12.9. The van der Waals surface area contributed by atoms with Gasteiger partial charge in [0.15, 0.2) is 0 Å². The van der Waals surface area contributed by atoms with Crippen LogP contribution >= 0.6 is 11.6 Å². The molecule has 1 aliphatic rings. The van der Waals surface area contributed by atoms with Gasteiger partial charge in [0, 0.05) is 23.8 Å². The number of nitrogens with one attached hydrogen (secondary N) is 1. The van der Waals surface area contributed by atoms with E-state index in [0.717, 1.165) is 36.2 Å². The van der Waals surface area contributed by atoms with Crippen LogP contribution in [0, 0.1) is 0 Å². The van der Waals surface area contributed by atoms with Crippen molar-refractivity contribution in [3.63, 3.8) is 0 Å². The summed E-state index contributed by atoms with van der Waals surface area (Å²) in [6.07, 6.45) is 4.75. The molecular formula is C22H28ClN3O5S2. The highest BCUT2D eigenvalue weighted by molar-refractivity contribution is 7.92. The van der Waals surface area contributed by atoms with Crippen molar-refractivity contribution >= 4 is 48.9 Å². The average Bonchev–Trinajstić information content (AvgIpc) is 3.05. The molecule has 0 bridgehead atoms. The molecule has 1 N–H and O–H groups in total. The van der Waals surface area contributed by atoms with Gasteiger partial charge in [-0.25, -0.2) is 16.8 Å². The molecule has 0 radical (unpaired) electrons. The number of nitrogens with zero attached hydrogens (tertiary/aromatic N) is 2. The van der Waals surface area contributed by atoms with Gasteiger partial charge in [-0.3, -0.25) is 9.10 Å². The molecule has 1 fully saturated rings. The summed E-state index contributed by atoms with van der Waals surface area (Å²) in [7, 11) is -7.36. The van der Waals surface area contributed by atoms with Crippen LogP contribution in [0.4, 0.5) is 11.4 Å². The molecule has 0 aliphatic carbocycles. The van der Waals surface area contributed by atoms with Crippen molar-refractivity contribution in [2.45, 2.75) is 43.5 Å². The number of carbonyl (C=O) groups excluding carboxylic acids is 1. The summed E-state index contributed by atoms with van der Waals surface area (Å²) in [6.45, 7) is 2.48. The number of amides is 1. The second kappa shape index (κ2) is 10.4. The molecule has 8 nitrogen and oxygen atoms in total. The Morgan fingerprint density at radius 2 is 1.48 bits per heavy atom. The van der Waals surface area contributed by atoms with Crippen LogP contribution < -0.4 is 9.62 Å². The van der Waals surface area contributed by atoms with Gasteiger partial charge >= 0.3 is 0 Å². The van der Waals surface area contributed by atoms with Crippen LogP contribution in [-0.4, -0.2) is 52.4 Å². The van der Waals surface area contributed by atoms with Crippen molar-refractivity contribution in [2.24, 2.45) is 0 Å². The summed E-state index contributed by atoms with van der Waals surface area (Å²) in [5, 5.41) is 3.11. The van der Waals surface area contributed by atoms with Crippen LogP contribution in [0.25, 0.3) is 0 Å². The molecule has 1 aliphatic heterocycles. The lowest BCUT2D eigenvalue weighted by Crippen LogP contribution is -2.45. The molecule has 0 saturated carbocycles. The quantitative estimate of drug-likeness (QED) is 0.608. The first-order valence-electron chi connectivity index (χ1n) is 10.7. The Kier molecular flexibility index (Phi) is 8.04. The topological polar surface area (TPSA) is 104 Å². The van der Waals surface area contributed by atoms with E-state index in [1.165, 1.54) is 47.6 Å². The maximum absolute atomic E-state index is 12.9. The number of rotatable bonds is 7. The van der Waals surface area contributed by atoms with Crippen LogP contribution in [0.2, 0.25) is 5.02 Å². The average molecular weight is 514 g/mol. The fourth-order valence-corrected chi connectivity index (χ4v) is 6.60. The van der Waals surface area contributed by atoms with Crippen LogP contribution in [0.15, 0.2) is 53.4 Å². The third kappa shape index (κ3) is 6.26. The first-order chi connectivity index (χ1) is 15.5. The molecule has 0 unspecified atom stereocenters. The maximum Gasteiger partial charge on any atom is 0.247 e. The molecule has 3 rings (SSSR count). The SMILES string of the molecule is C[C@@H](C(=O)Nc1ccc(S(=O)(=O)N2CCCCCC2)cc1)N(c1ccc(Cl)cc1)S(C)(=O)=O. The third-order valence-electron chi connectivity index (χ3n) is 5.49. The monoisotopic (exact) mass is 513 g/mol. The Balaban J connectivity index is 1.75. The van der Waals surface area contributed by atoms with Crippen molar-refractivity contribution in [3.05, 3.63) is 53.6 Å². The minimum absolute atomic E-state index is 0.161. The molecule has 1 amide bonds. The molecule has 2 aromatic rings. The summed E-state index contributed by atoms with van der Waals surface area (Å²) >= 11 is 5.89. The summed E-state index contributed by atoms with van der Waals surface area (Å²) in [5.74, 6) is -0.557. The van der Waals surface area contributed by atoms with Crippen LogP contribution in [0.3, 0.4) is 0 Å². The number of sulfonamides is 2. The van der Waals surface area contributed by atoms with Gasteiger partial charge in [-0.2, -0.15) is 4.31 Å². The second-order valence-electron chi connectivity index (χ2n) is 8.04. The van der Waals surface area contributed by atoms with E-state index in [1.54, 1.807) is 12.1 Å². The van der Waals surface area contributed by atoms with Crippen molar-refractivity contribution in [1.82, 2.24) is 4.31 Å². The molecule has 0 aromatic heterocycles. The number of carbonyl (C=O) groups is 1. The van der Waals surface area contributed by atoms with Gasteiger partial charge < -0.3 is 5.32 Å². The van der Waals surface area contributed by atoms with Gasteiger partial charge in [-0.1, -0.05) is 24.4 Å². The van der Waals surface area contributed by atoms with E-state index in [2.05, 4.69) is 5.32 Å². The van der Waals surface area contributed by atoms with Crippen LogP contribution in [-0.2, 0) is 24.8 Å². The fraction of sp³-hybridized carbons (Fsp3) is 0.409. The van der Waals surface area contributed by atoms with E-state index >= 15 is 0 Å². The molecule has 33 heavy (non-hydrogen) atoms. The molecule has 11 heteroatoms. The van der Waals surface area contributed by atoms with E-state index < -0.39 is 32.0 Å². The lowest BCUT2D eigenvalue weighted by molar-refractivity contribution is -0.116. The zero-order valence-electron chi connectivity index (χ0n) is 18.6. The van der Waals surface area contributed by atoms with Gasteiger partial charge in [0.05, 0.1) is 16.8 Å². The Morgan fingerprint density at radius 3 is 2.00 bits per heavy atom. The highest BCUT2D eigenvalue weighted by Gasteiger charge is 2.29. The zero-order chi connectivity index (χ0) is 24.2. The van der Waals surface area contributed by atoms with Gasteiger partial charge in [-0.15, -0.1) is 0 Å². The predicted molar refractivity (Wildman–Crippen MR) is 131 cm³/mol. The van der Waals surface area contributed by atoms with Gasteiger partial charge in [-0.05, 0) is 68.3 Å². The second-order valence-corrected chi connectivity index (χ2v) is 12.3. The Labute approximate surface area is 200 Å². The number of hydrogen-bond acceptors (Lipinski definition) is 5. The zero-order valence-corrected chi connectivity index (χ0v) is 21.0. The van der Waals surface area contributed by atoms with Gasteiger partial charge in [0.1, 0.15) is 6.04 Å². The van der Waals surface area contributed by atoms with E-state index in [4.69, 9.17) is 11.6 Å². The first kappa shape index (κ1) is 25.5. The predicted octanol–water partition coefficient (Wildman–Crippen LogP) is 3.70. The lowest BCUT2D eigenvalue weighted by Gasteiger charge is -2.28. The highest BCUT2D eigenvalue weighted by atomic mass is 35.5. The van der Waals surface area contributed by atoms with Crippen LogP contribution in [0.1, 0.15) is 32.6 Å². The van der Waals surface area contributed by atoms with Crippen molar-refractivity contribution in [1.29, 1.82) is 0 Å². The van der Waals surface area contributed by atoms with E-state index in [9.17, 15) is 21.6 Å². The van der Waals surface area contributed by atoms with Crippen LogP contribution in [0.5, 0.6) is 0 Å².